The number of hydrogen-bond donors (Lipinski definition) is 1. The Balaban J connectivity index is 2.20. The van der Waals surface area contributed by atoms with Crippen LogP contribution in [0.1, 0.15) is 56.8 Å². The first-order valence-corrected chi connectivity index (χ1v) is 6.39. The average Bonchev–Trinajstić information content (AvgIpc) is 2.98. The Morgan fingerprint density at radius 3 is 2.89 bits per heavy atom. The van der Waals surface area contributed by atoms with E-state index < -0.39 is 6.04 Å². The molecule has 0 amide bonds. The quantitative estimate of drug-likeness (QED) is 0.807. The molecule has 0 bridgehead atoms. The maximum atomic E-state index is 5.86. The van der Waals surface area contributed by atoms with Crippen LogP contribution in [-0.4, -0.2) is 16.7 Å². The lowest BCUT2D eigenvalue weighted by Gasteiger charge is -2.24. The van der Waals surface area contributed by atoms with Gasteiger partial charge in [0.2, 0.25) is 11.7 Å². The first kappa shape index (κ1) is 13.1. The predicted molar refractivity (Wildman–Crippen MR) is 66.4 cm³/mol. The Morgan fingerprint density at radius 2 is 2.28 bits per heavy atom. The first-order chi connectivity index (χ1) is 8.72. The molecule has 2 rings (SSSR count). The second-order valence-electron chi connectivity index (χ2n) is 4.61. The van der Waals surface area contributed by atoms with E-state index in [0.717, 1.165) is 25.7 Å². The van der Waals surface area contributed by atoms with Crippen LogP contribution in [0.2, 0.25) is 0 Å². The Bertz CT molecular complexity index is 430. The molecule has 0 aromatic carbocycles. The Hall–Kier alpha value is -1.38. The van der Waals surface area contributed by atoms with E-state index in [2.05, 4.69) is 16.1 Å². The van der Waals surface area contributed by atoms with Crippen molar-refractivity contribution >= 4 is 0 Å². The van der Waals surface area contributed by atoms with Crippen LogP contribution in [0.25, 0.3) is 0 Å². The fourth-order valence-corrected chi connectivity index (χ4v) is 2.44. The van der Waals surface area contributed by atoms with Gasteiger partial charge in [-0.25, -0.2) is 0 Å². The second kappa shape index (κ2) is 5.51. The number of rotatable bonds is 5. The lowest BCUT2D eigenvalue weighted by Crippen LogP contribution is -2.27. The van der Waals surface area contributed by atoms with Gasteiger partial charge in [0.25, 0.3) is 0 Å². The topological polar surface area (TPSA) is 74.2 Å². The molecule has 1 heterocycles. The fraction of sp³-hybridized carbons (Fsp3) is 0.692. The fourth-order valence-electron chi connectivity index (χ4n) is 2.44. The molecule has 0 aliphatic heterocycles. The third-order valence-electron chi connectivity index (χ3n) is 3.34. The van der Waals surface area contributed by atoms with Crippen LogP contribution in [0.15, 0.2) is 4.52 Å². The number of terminal acetylenes is 1. The summed E-state index contributed by atoms with van der Waals surface area (Å²) in [5, 5.41) is 4.03. The summed E-state index contributed by atoms with van der Waals surface area (Å²) < 4.78 is 11.1. The molecule has 1 aromatic heterocycles. The maximum Gasteiger partial charge on any atom is 0.244 e. The minimum absolute atomic E-state index is 0.383. The van der Waals surface area contributed by atoms with Crippen molar-refractivity contribution in [2.75, 3.05) is 6.61 Å². The van der Waals surface area contributed by atoms with Crippen molar-refractivity contribution < 1.29 is 9.26 Å². The summed E-state index contributed by atoms with van der Waals surface area (Å²) in [6, 6.07) is -0.392. The molecule has 0 radical (unpaired) electrons. The van der Waals surface area contributed by atoms with E-state index in [9.17, 15) is 0 Å². The second-order valence-corrected chi connectivity index (χ2v) is 4.61. The summed E-state index contributed by atoms with van der Waals surface area (Å²) in [7, 11) is 0. The first-order valence-electron chi connectivity index (χ1n) is 6.39. The standard InChI is InChI=1S/C13H19N3O2/c1-3-7-10(14)11-15-12(16-18-11)13(17-4-2)8-5-6-9-13/h1,10H,4-9,14H2,2H3. The van der Waals surface area contributed by atoms with Gasteiger partial charge < -0.3 is 15.0 Å². The number of hydrogen-bond acceptors (Lipinski definition) is 5. The molecule has 0 spiro atoms. The molecule has 18 heavy (non-hydrogen) atoms. The molecule has 1 fully saturated rings. The van der Waals surface area contributed by atoms with Gasteiger partial charge in [0, 0.05) is 13.0 Å². The van der Waals surface area contributed by atoms with Crippen molar-refractivity contribution in [3.8, 4) is 12.3 Å². The van der Waals surface area contributed by atoms with Crippen molar-refractivity contribution in [2.24, 2.45) is 5.73 Å². The summed E-state index contributed by atoms with van der Waals surface area (Å²) in [5.74, 6) is 3.51. The number of nitrogens with zero attached hydrogens (tertiary/aromatic N) is 2. The normalized spacial score (nSPS) is 19.6. The summed E-state index contributed by atoms with van der Waals surface area (Å²) >= 11 is 0. The van der Waals surface area contributed by atoms with Crippen LogP contribution >= 0.6 is 0 Å². The van der Waals surface area contributed by atoms with Crippen LogP contribution in [0.4, 0.5) is 0 Å². The highest BCUT2D eigenvalue weighted by molar-refractivity contribution is 5.07. The maximum absolute atomic E-state index is 5.86. The predicted octanol–water partition coefficient (Wildman–Crippen LogP) is 1.90. The van der Waals surface area contributed by atoms with Crippen molar-refractivity contribution in [1.29, 1.82) is 0 Å². The van der Waals surface area contributed by atoms with Crippen molar-refractivity contribution in [3.05, 3.63) is 11.7 Å². The molecule has 1 aliphatic rings. The van der Waals surface area contributed by atoms with Crippen molar-refractivity contribution in [1.82, 2.24) is 10.1 Å². The van der Waals surface area contributed by atoms with Gasteiger partial charge in [-0.2, -0.15) is 4.98 Å². The molecule has 1 aliphatic carbocycles. The van der Waals surface area contributed by atoms with Gasteiger partial charge in [-0.3, -0.25) is 0 Å². The zero-order valence-electron chi connectivity index (χ0n) is 10.7. The van der Waals surface area contributed by atoms with Crippen LogP contribution < -0.4 is 5.73 Å². The van der Waals surface area contributed by atoms with Crippen molar-refractivity contribution in [2.45, 2.75) is 50.7 Å². The molecule has 5 nitrogen and oxygen atoms in total. The zero-order valence-corrected chi connectivity index (χ0v) is 10.7. The molecule has 0 saturated heterocycles. The van der Waals surface area contributed by atoms with Crippen molar-refractivity contribution in [3.63, 3.8) is 0 Å². The smallest absolute Gasteiger partial charge is 0.244 e. The van der Waals surface area contributed by atoms with Gasteiger partial charge in [-0.1, -0.05) is 5.16 Å². The van der Waals surface area contributed by atoms with Gasteiger partial charge in [-0.05, 0) is 32.6 Å². The van der Waals surface area contributed by atoms with Gasteiger partial charge in [0.05, 0.1) is 6.04 Å². The monoisotopic (exact) mass is 249 g/mol. The molecule has 5 heteroatoms. The van der Waals surface area contributed by atoms with Gasteiger partial charge in [0.15, 0.2) is 0 Å². The third kappa shape index (κ3) is 2.40. The van der Waals surface area contributed by atoms with E-state index in [-0.39, 0.29) is 5.60 Å². The van der Waals surface area contributed by atoms with Crippen LogP contribution in [0.5, 0.6) is 0 Å². The van der Waals surface area contributed by atoms with E-state index in [4.69, 9.17) is 21.4 Å². The lowest BCUT2D eigenvalue weighted by molar-refractivity contribution is -0.0469. The molecule has 98 valence electrons. The number of nitrogens with two attached hydrogens (primary N) is 1. The molecule has 1 aromatic rings. The summed E-state index contributed by atoms with van der Waals surface area (Å²) in [6.07, 6.45) is 9.74. The van der Waals surface area contributed by atoms with E-state index in [1.165, 1.54) is 0 Å². The largest absolute Gasteiger partial charge is 0.367 e. The summed E-state index contributed by atoms with van der Waals surface area (Å²) in [6.45, 7) is 2.62. The van der Waals surface area contributed by atoms with E-state index in [1.807, 2.05) is 6.92 Å². The third-order valence-corrected chi connectivity index (χ3v) is 3.34. The zero-order chi connectivity index (χ0) is 13.0. The Labute approximate surface area is 107 Å². The Kier molecular flexibility index (Phi) is 4.00. The molecule has 2 N–H and O–H groups in total. The number of aromatic nitrogens is 2. The van der Waals surface area contributed by atoms with Gasteiger partial charge in [0.1, 0.15) is 5.60 Å². The highest BCUT2D eigenvalue weighted by Crippen LogP contribution is 2.40. The molecule has 1 atom stereocenters. The molecule has 1 unspecified atom stereocenters. The summed E-state index contributed by atoms with van der Waals surface area (Å²) in [4.78, 5) is 4.38. The molecular formula is C13H19N3O2. The van der Waals surface area contributed by atoms with E-state index >= 15 is 0 Å². The number of ether oxygens (including phenoxy) is 1. The minimum atomic E-state index is -0.392. The van der Waals surface area contributed by atoms with Gasteiger partial charge in [-0.15, -0.1) is 12.3 Å². The van der Waals surface area contributed by atoms with Crippen LogP contribution in [0, 0.1) is 12.3 Å². The lowest BCUT2D eigenvalue weighted by atomic mass is 10.0. The van der Waals surface area contributed by atoms with Crippen LogP contribution in [0.3, 0.4) is 0 Å². The molecular weight excluding hydrogens is 230 g/mol. The SMILES string of the molecule is C#CCC(N)c1nc(C2(OCC)CCCC2)no1. The highest BCUT2D eigenvalue weighted by Gasteiger charge is 2.41. The molecule has 1 saturated carbocycles. The van der Waals surface area contributed by atoms with Crippen LogP contribution in [-0.2, 0) is 10.3 Å². The van der Waals surface area contributed by atoms with Gasteiger partial charge >= 0.3 is 0 Å². The average molecular weight is 249 g/mol. The Morgan fingerprint density at radius 1 is 1.56 bits per heavy atom. The summed E-state index contributed by atoms with van der Waals surface area (Å²) in [5.41, 5.74) is 5.47. The highest BCUT2D eigenvalue weighted by atomic mass is 16.5. The van der Waals surface area contributed by atoms with E-state index in [1.54, 1.807) is 0 Å². The van der Waals surface area contributed by atoms with E-state index in [0.29, 0.717) is 24.7 Å². The minimum Gasteiger partial charge on any atom is -0.367 e.